The van der Waals surface area contributed by atoms with Gasteiger partial charge in [-0.15, -0.1) is 0 Å². The lowest BCUT2D eigenvalue weighted by Crippen LogP contribution is -2.30. The molecule has 2 rings (SSSR count). The molecule has 0 N–H and O–H groups in total. The third-order valence-electron chi connectivity index (χ3n) is 7.15. The summed E-state index contributed by atoms with van der Waals surface area (Å²) in [6.07, 6.45) is 22.5. The van der Waals surface area contributed by atoms with Gasteiger partial charge >= 0.3 is 0 Å². The fraction of sp³-hybridized carbons (Fsp3) is 1.00. The summed E-state index contributed by atoms with van der Waals surface area (Å²) in [5, 5.41) is 0. The summed E-state index contributed by atoms with van der Waals surface area (Å²) >= 11 is 0. The molecule has 0 aromatic heterocycles. The van der Waals surface area contributed by atoms with Crippen molar-refractivity contribution in [3.8, 4) is 0 Å². The van der Waals surface area contributed by atoms with Crippen molar-refractivity contribution in [1.82, 2.24) is 0 Å². The number of hydrogen-bond acceptors (Lipinski definition) is 0. The van der Waals surface area contributed by atoms with E-state index >= 15 is 0 Å². The van der Waals surface area contributed by atoms with E-state index < -0.39 is 0 Å². The van der Waals surface area contributed by atoms with Gasteiger partial charge in [-0.2, -0.15) is 0 Å². The molecule has 0 aromatic rings. The van der Waals surface area contributed by atoms with Crippen LogP contribution in [-0.2, 0) is 0 Å². The maximum Gasteiger partial charge on any atom is -0.0326 e. The summed E-state index contributed by atoms with van der Waals surface area (Å²) in [7, 11) is 0. The van der Waals surface area contributed by atoms with Crippen molar-refractivity contribution in [3.05, 3.63) is 0 Å². The van der Waals surface area contributed by atoms with Crippen molar-refractivity contribution in [2.45, 2.75) is 117 Å². The van der Waals surface area contributed by atoms with Gasteiger partial charge in [0, 0.05) is 0 Å². The van der Waals surface area contributed by atoms with Gasteiger partial charge in [0.2, 0.25) is 0 Å². The summed E-state index contributed by atoms with van der Waals surface area (Å²) in [5.41, 5.74) is 0.698. The summed E-state index contributed by atoms with van der Waals surface area (Å²) < 4.78 is 0. The van der Waals surface area contributed by atoms with Crippen molar-refractivity contribution in [1.29, 1.82) is 0 Å². The predicted molar refractivity (Wildman–Crippen MR) is 99.2 cm³/mol. The minimum atomic E-state index is 0.698. The Kier molecular flexibility index (Phi) is 7.78. The lowest BCUT2D eigenvalue weighted by Gasteiger charge is -2.42. The van der Waals surface area contributed by atoms with Crippen molar-refractivity contribution < 1.29 is 0 Å². The second kappa shape index (κ2) is 9.33. The standard InChI is InChI=1S/C22H42/c1-4-6-8-9-19-10-12-20(13-11-19)21-14-17-22(3,18-15-21)16-7-5-2/h19-21H,4-18H2,1-3H3. The molecule has 0 radical (unpaired) electrons. The zero-order chi connectivity index (χ0) is 15.8. The van der Waals surface area contributed by atoms with E-state index in [1.54, 1.807) is 38.5 Å². The molecule has 0 atom stereocenters. The van der Waals surface area contributed by atoms with Crippen LogP contribution >= 0.6 is 0 Å². The third-order valence-corrected chi connectivity index (χ3v) is 7.15. The van der Waals surface area contributed by atoms with Gasteiger partial charge in [-0.05, 0) is 68.1 Å². The van der Waals surface area contributed by atoms with Gasteiger partial charge in [-0.1, -0.05) is 72.1 Å². The van der Waals surface area contributed by atoms with Crippen LogP contribution in [0.5, 0.6) is 0 Å². The van der Waals surface area contributed by atoms with Crippen LogP contribution < -0.4 is 0 Å². The molecule has 0 heterocycles. The zero-order valence-corrected chi connectivity index (χ0v) is 15.8. The molecule has 130 valence electrons. The van der Waals surface area contributed by atoms with Crippen molar-refractivity contribution in [2.75, 3.05) is 0 Å². The largest absolute Gasteiger partial charge is 0.0654 e. The van der Waals surface area contributed by atoms with Crippen LogP contribution in [0.4, 0.5) is 0 Å². The minimum absolute atomic E-state index is 0.698. The highest BCUT2D eigenvalue weighted by Crippen LogP contribution is 2.47. The van der Waals surface area contributed by atoms with Crippen molar-refractivity contribution in [2.24, 2.45) is 23.2 Å². The SMILES string of the molecule is CCCCCC1CCC(C2CCC(C)(CCCC)CC2)CC1. The Morgan fingerprint density at radius 3 is 1.91 bits per heavy atom. The zero-order valence-electron chi connectivity index (χ0n) is 15.8. The van der Waals surface area contributed by atoms with E-state index in [-0.39, 0.29) is 0 Å². The van der Waals surface area contributed by atoms with E-state index in [9.17, 15) is 0 Å². The maximum atomic E-state index is 2.57. The monoisotopic (exact) mass is 306 g/mol. The maximum absolute atomic E-state index is 2.57. The second-order valence-electron chi connectivity index (χ2n) is 9.03. The second-order valence-corrected chi connectivity index (χ2v) is 9.03. The first-order chi connectivity index (χ1) is 10.7. The molecule has 2 aliphatic rings. The topological polar surface area (TPSA) is 0 Å². The molecule has 0 aliphatic heterocycles. The quantitative estimate of drug-likeness (QED) is 0.402. The van der Waals surface area contributed by atoms with Gasteiger partial charge < -0.3 is 0 Å². The molecule has 0 spiro atoms. The van der Waals surface area contributed by atoms with Gasteiger partial charge in [0.1, 0.15) is 0 Å². The van der Waals surface area contributed by atoms with Crippen molar-refractivity contribution in [3.63, 3.8) is 0 Å². The van der Waals surface area contributed by atoms with E-state index in [4.69, 9.17) is 0 Å². The van der Waals surface area contributed by atoms with E-state index in [0.29, 0.717) is 5.41 Å². The smallest absolute Gasteiger partial charge is 0.0326 e. The molecule has 0 saturated heterocycles. The first-order valence-corrected chi connectivity index (χ1v) is 10.7. The van der Waals surface area contributed by atoms with E-state index in [0.717, 1.165) is 17.8 Å². The van der Waals surface area contributed by atoms with Crippen LogP contribution in [0.2, 0.25) is 0 Å². The molecule has 0 nitrogen and oxygen atoms in total. The molecule has 2 saturated carbocycles. The Labute approximate surface area is 140 Å². The van der Waals surface area contributed by atoms with Crippen LogP contribution in [0.3, 0.4) is 0 Å². The normalized spacial score (nSPS) is 36.4. The molecule has 22 heavy (non-hydrogen) atoms. The minimum Gasteiger partial charge on any atom is -0.0654 e. The van der Waals surface area contributed by atoms with Crippen LogP contribution in [-0.4, -0.2) is 0 Å². The van der Waals surface area contributed by atoms with E-state index in [1.165, 1.54) is 57.8 Å². The lowest BCUT2D eigenvalue weighted by molar-refractivity contribution is 0.0953. The van der Waals surface area contributed by atoms with Gasteiger partial charge in [-0.25, -0.2) is 0 Å². The molecular weight excluding hydrogens is 264 g/mol. The molecule has 2 aliphatic carbocycles. The molecule has 0 amide bonds. The third kappa shape index (κ3) is 5.57. The highest BCUT2D eigenvalue weighted by Gasteiger charge is 2.35. The fourth-order valence-electron chi connectivity index (χ4n) is 5.29. The molecule has 0 aromatic carbocycles. The molecule has 0 bridgehead atoms. The Morgan fingerprint density at radius 1 is 0.727 bits per heavy atom. The molecule has 0 heteroatoms. The van der Waals surface area contributed by atoms with Gasteiger partial charge in [0.25, 0.3) is 0 Å². The molecule has 2 fully saturated rings. The molecular formula is C22H42. The first-order valence-electron chi connectivity index (χ1n) is 10.7. The summed E-state index contributed by atoms with van der Waals surface area (Å²) in [6, 6.07) is 0. The highest BCUT2D eigenvalue weighted by atomic mass is 14.4. The van der Waals surface area contributed by atoms with Crippen LogP contribution in [0.15, 0.2) is 0 Å². The summed E-state index contributed by atoms with van der Waals surface area (Å²) in [6.45, 7) is 7.24. The number of hydrogen-bond donors (Lipinski definition) is 0. The highest BCUT2D eigenvalue weighted by molar-refractivity contribution is 4.86. The van der Waals surface area contributed by atoms with Crippen LogP contribution in [0.1, 0.15) is 117 Å². The van der Waals surface area contributed by atoms with E-state index in [1.807, 2.05) is 0 Å². The van der Waals surface area contributed by atoms with Crippen LogP contribution in [0.25, 0.3) is 0 Å². The van der Waals surface area contributed by atoms with E-state index in [2.05, 4.69) is 20.8 Å². The average molecular weight is 307 g/mol. The Bertz CT molecular complexity index is 276. The average Bonchev–Trinajstić information content (AvgIpc) is 2.55. The first kappa shape index (κ1) is 18.3. The van der Waals surface area contributed by atoms with Gasteiger partial charge in [0.15, 0.2) is 0 Å². The Morgan fingerprint density at radius 2 is 1.32 bits per heavy atom. The van der Waals surface area contributed by atoms with Gasteiger partial charge in [0.05, 0.1) is 0 Å². The van der Waals surface area contributed by atoms with Gasteiger partial charge in [-0.3, -0.25) is 0 Å². The number of rotatable bonds is 8. The molecule has 0 unspecified atom stereocenters. The fourth-order valence-corrected chi connectivity index (χ4v) is 5.29. The van der Waals surface area contributed by atoms with Crippen LogP contribution in [0, 0.1) is 23.2 Å². The number of unbranched alkanes of at least 4 members (excludes halogenated alkanes) is 3. The Balaban J connectivity index is 1.66. The summed E-state index contributed by atoms with van der Waals surface area (Å²) in [5.74, 6) is 3.27. The predicted octanol–water partition coefficient (Wildman–Crippen LogP) is 7.76. The Hall–Kier alpha value is 0. The summed E-state index contributed by atoms with van der Waals surface area (Å²) in [4.78, 5) is 0. The van der Waals surface area contributed by atoms with Crippen molar-refractivity contribution >= 4 is 0 Å². The lowest BCUT2D eigenvalue weighted by atomic mass is 9.63.